The maximum Gasteiger partial charge on any atom is 0.328 e. The Bertz CT molecular complexity index is 687. The Morgan fingerprint density at radius 3 is 1.68 bits per heavy atom. The van der Waals surface area contributed by atoms with Gasteiger partial charge in [0.05, 0.1) is 7.11 Å². The minimum absolute atomic E-state index is 0.136. The number of allylic oxidation sites excluding steroid dienone is 12. The molecule has 34 heavy (non-hydrogen) atoms. The standard InChI is InChI=1S/C29H46N2O3/c1-3-4-5-6-7-8-9-10-11-12-13-14-15-16-17-18-19-20-21-25-28(32)31-27(29(33)34-2)24-22-23-26-30/h4-5,7-8,10-11,13-14,16-17,19-20,27H,3,6,9,12,15,18,21-26,30H2,1-2H3,(H,31,32)/t27-/m0/s1. The van der Waals surface area contributed by atoms with Crippen LogP contribution in [0.2, 0.25) is 0 Å². The molecular weight excluding hydrogens is 424 g/mol. The lowest BCUT2D eigenvalue weighted by atomic mass is 10.1. The molecule has 0 aromatic rings. The van der Waals surface area contributed by atoms with Gasteiger partial charge < -0.3 is 15.8 Å². The quantitative estimate of drug-likeness (QED) is 0.125. The summed E-state index contributed by atoms with van der Waals surface area (Å²) in [6.07, 6.45) is 34.9. The summed E-state index contributed by atoms with van der Waals surface area (Å²) < 4.78 is 4.77. The molecule has 0 bridgehead atoms. The summed E-state index contributed by atoms with van der Waals surface area (Å²) in [5.74, 6) is -0.540. The number of unbranched alkanes of at least 4 members (excludes halogenated alkanes) is 1. The normalized spacial score (nSPS) is 13.4. The van der Waals surface area contributed by atoms with E-state index in [1.807, 2.05) is 6.08 Å². The molecule has 0 aliphatic heterocycles. The van der Waals surface area contributed by atoms with Gasteiger partial charge in [0.2, 0.25) is 5.91 Å². The number of amides is 1. The minimum atomic E-state index is -0.589. The SMILES string of the molecule is CCC=CCC=CCC=CCC=CCC=CCC=CCCC(=O)N[C@@H](CCCCN)C(=O)OC. The zero-order valence-corrected chi connectivity index (χ0v) is 21.3. The van der Waals surface area contributed by atoms with Gasteiger partial charge in [0.25, 0.3) is 0 Å². The van der Waals surface area contributed by atoms with Crippen LogP contribution in [0.4, 0.5) is 0 Å². The molecule has 5 nitrogen and oxygen atoms in total. The average Bonchev–Trinajstić information content (AvgIpc) is 2.84. The van der Waals surface area contributed by atoms with E-state index in [9.17, 15) is 9.59 Å². The number of nitrogens with two attached hydrogens (primary N) is 1. The molecule has 1 atom stereocenters. The molecule has 0 saturated carbocycles. The van der Waals surface area contributed by atoms with Crippen molar-refractivity contribution in [2.75, 3.05) is 13.7 Å². The fourth-order valence-electron chi connectivity index (χ4n) is 3.00. The van der Waals surface area contributed by atoms with Gasteiger partial charge in [0.1, 0.15) is 6.04 Å². The highest BCUT2D eigenvalue weighted by Crippen LogP contribution is 2.04. The Morgan fingerprint density at radius 2 is 1.24 bits per heavy atom. The Kier molecular flexibility index (Phi) is 23.0. The lowest BCUT2D eigenvalue weighted by Crippen LogP contribution is -2.41. The molecule has 0 fully saturated rings. The fraction of sp³-hybridized carbons (Fsp3) is 0.517. The van der Waals surface area contributed by atoms with E-state index in [4.69, 9.17) is 10.5 Å². The third kappa shape index (κ3) is 21.2. The summed E-state index contributed by atoms with van der Waals surface area (Å²) in [6, 6.07) is -0.589. The molecule has 0 saturated heterocycles. The molecule has 0 radical (unpaired) electrons. The second-order valence-electron chi connectivity index (χ2n) is 7.88. The predicted molar refractivity (Wildman–Crippen MR) is 144 cm³/mol. The zero-order chi connectivity index (χ0) is 25.1. The van der Waals surface area contributed by atoms with Gasteiger partial charge in [-0.05, 0) is 70.8 Å². The summed E-state index contributed by atoms with van der Waals surface area (Å²) >= 11 is 0. The van der Waals surface area contributed by atoms with E-state index in [1.165, 1.54) is 7.11 Å². The van der Waals surface area contributed by atoms with Crippen molar-refractivity contribution in [3.05, 3.63) is 72.9 Å². The molecule has 0 aliphatic carbocycles. The van der Waals surface area contributed by atoms with Crippen molar-refractivity contribution in [1.29, 1.82) is 0 Å². The van der Waals surface area contributed by atoms with Crippen LogP contribution in [0.15, 0.2) is 72.9 Å². The molecule has 0 aromatic heterocycles. The topological polar surface area (TPSA) is 81.4 Å². The van der Waals surface area contributed by atoms with E-state index in [-0.39, 0.29) is 5.91 Å². The summed E-state index contributed by atoms with van der Waals surface area (Å²) in [6.45, 7) is 2.72. The van der Waals surface area contributed by atoms with E-state index < -0.39 is 12.0 Å². The van der Waals surface area contributed by atoms with Crippen molar-refractivity contribution < 1.29 is 14.3 Å². The van der Waals surface area contributed by atoms with Crippen molar-refractivity contribution in [1.82, 2.24) is 5.32 Å². The second kappa shape index (κ2) is 25.0. The Labute approximate surface area is 207 Å². The number of methoxy groups -OCH3 is 1. The lowest BCUT2D eigenvalue weighted by Gasteiger charge is -2.16. The van der Waals surface area contributed by atoms with Crippen LogP contribution in [0.3, 0.4) is 0 Å². The third-order valence-electron chi connectivity index (χ3n) is 4.90. The molecule has 0 heterocycles. The van der Waals surface area contributed by atoms with Crippen molar-refractivity contribution >= 4 is 11.9 Å². The molecule has 0 rings (SSSR count). The van der Waals surface area contributed by atoms with Crippen molar-refractivity contribution in [2.45, 2.75) is 83.6 Å². The average molecular weight is 471 g/mol. The molecule has 1 amide bonds. The van der Waals surface area contributed by atoms with Gasteiger partial charge in [0.15, 0.2) is 0 Å². The monoisotopic (exact) mass is 470 g/mol. The number of nitrogens with one attached hydrogen (secondary N) is 1. The number of rotatable bonds is 20. The van der Waals surface area contributed by atoms with Gasteiger partial charge in [-0.25, -0.2) is 4.79 Å². The van der Waals surface area contributed by atoms with E-state index in [1.54, 1.807) is 0 Å². The molecule has 0 spiro atoms. The van der Waals surface area contributed by atoms with Crippen molar-refractivity contribution in [2.24, 2.45) is 5.73 Å². The van der Waals surface area contributed by atoms with Crippen molar-refractivity contribution in [3.8, 4) is 0 Å². The van der Waals surface area contributed by atoms with Gasteiger partial charge in [-0.15, -0.1) is 0 Å². The van der Waals surface area contributed by atoms with Crippen LogP contribution < -0.4 is 11.1 Å². The Hall–Kier alpha value is -2.66. The van der Waals surface area contributed by atoms with Gasteiger partial charge >= 0.3 is 5.97 Å². The van der Waals surface area contributed by atoms with Crippen molar-refractivity contribution in [3.63, 3.8) is 0 Å². The van der Waals surface area contributed by atoms with Gasteiger partial charge in [-0.3, -0.25) is 4.79 Å². The fourth-order valence-corrected chi connectivity index (χ4v) is 3.00. The van der Waals surface area contributed by atoms with Crippen LogP contribution in [0.25, 0.3) is 0 Å². The van der Waals surface area contributed by atoms with Crippen LogP contribution in [-0.2, 0) is 14.3 Å². The largest absolute Gasteiger partial charge is 0.467 e. The van der Waals surface area contributed by atoms with Crippen LogP contribution >= 0.6 is 0 Å². The van der Waals surface area contributed by atoms with Crippen LogP contribution in [0.5, 0.6) is 0 Å². The molecule has 190 valence electrons. The number of carbonyl (C=O) groups excluding carboxylic acids is 2. The third-order valence-corrected chi connectivity index (χ3v) is 4.90. The number of esters is 1. The summed E-state index contributed by atoms with van der Waals surface area (Å²) in [5.41, 5.74) is 5.48. The molecule has 5 heteroatoms. The van der Waals surface area contributed by atoms with Crippen LogP contribution in [-0.4, -0.2) is 31.6 Å². The van der Waals surface area contributed by atoms with E-state index in [0.717, 1.165) is 51.4 Å². The maximum absolute atomic E-state index is 12.1. The first-order valence-electron chi connectivity index (χ1n) is 12.6. The van der Waals surface area contributed by atoms with Gasteiger partial charge in [-0.2, -0.15) is 0 Å². The molecular formula is C29H46N2O3. The van der Waals surface area contributed by atoms with Crippen LogP contribution in [0.1, 0.15) is 77.6 Å². The summed E-state index contributed by atoms with van der Waals surface area (Å²) in [7, 11) is 1.34. The highest BCUT2D eigenvalue weighted by Gasteiger charge is 2.20. The number of hydrogen-bond donors (Lipinski definition) is 2. The highest BCUT2D eigenvalue weighted by atomic mass is 16.5. The van der Waals surface area contributed by atoms with Crippen LogP contribution in [0, 0.1) is 0 Å². The Morgan fingerprint density at radius 1 is 0.765 bits per heavy atom. The zero-order valence-electron chi connectivity index (χ0n) is 21.3. The first-order valence-corrected chi connectivity index (χ1v) is 12.6. The lowest BCUT2D eigenvalue weighted by molar-refractivity contribution is -0.145. The first kappa shape index (κ1) is 31.3. The Balaban J connectivity index is 3.86. The van der Waals surface area contributed by atoms with Gasteiger partial charge in [-0.1, -0.05) is 79.8 Å². The van der Waals surface area contributed by atoms with E-state index in [2.05, 4.69) is 79.1 Å². The number of carbonyl (C=O) groups is 2. The molecule has 0 aromatic carbocycles. The number of hydrogen-bond acceptors (Lipinski definition) is 4. The predicted octanol–water partition coefficient (Wildman–Crippen LogP) is 6.25. The second-order valence-corrected chi connectivity index (χ2v) is 7.88. The minimum Gasteiger partial charge on any atom is -0.467 e. The van der Waals surface area contributed by atoms with Gasteiger partial charge in [0, 0.05) is 6.42 Å². The van der Waals surface area contributed by atoms with E-state index >= 15 is 0 Å². The maximum atomic E-state index is 12.1. The summed E-state index contributed by atoms with van der Waals surface area (Å²) in [5, 5.41) is 2.77. The smallest absolute Gasteiger partial charge is 0.328 e. The highest BCUT2D eigenvalue weighted by molar-refractivity contribution is 5.84. The molecule has 3 N–H and O–H groups in total. The molecule has 0 aliphatic rings. The summed E-state index contributed by atoms with van der Waals surface area (Å²) in [4.78, 5) is 23.9. The number of ether oxygens (including phenoxy) is 1. The molecule has 0 unspecified atom stereocenters. The first-order chi connectivity index (χ1) is 16.7. The van der Waals surface area contributed by atoms with E-state index in [0.29, 0.717) is 25.8 Å².